The summed E-state index contributed by atoms with van der Waals surface area (Å²) in [5, 5.41) is 20.7. The van der Waals surface area contributed by atoms with Gasteiger partial charge in [-0.2, -0.15) is 0 Å². The number of furan rings is 1. The maximum atomic E-state index is 10.7. The minimum atomic E-state index is -0.997. The van der Waals surface area contributed by atoms with Gasteiger partial charge in [0.25, 0.3) is 0 Å². The molecule has 5 heteroatoms. The predicted octanol–water partition coefficient (Wildman–Crippen LogP) is 2.12. The number of anilines is 1. The van der Waals surface area contributed by atoms with Crippen molar-refractivity contribution in [3.8, 4) is 0 Å². The maximum Gasteiger partial charge on any atom is 0.338 e. The van der Waals surface area contributed by atoms with Gasteiger partial charge in [-0.05, 0) is 30.2 Å². The molecular formula is C14H15NO4. The molecular weight excluding hydrogens is 246 g/mol. The normalized spacial score (nSPS) is 10.4. The average Bonchev–Trinajstić information content (AvgIpc) is 2.87. The molecule has 0 saturated heterocycles. The summed E-state index contributed by atoms with van der Waals surface area (Å²) in [6.07, 6.45) is 1.87. The Balaban J connectivity index is 1.92. The summed E-state index contributed by atoms with van der Waals surface area (Å²) in [4.78, 5) is 10.7. The van der Waals surface area contributed by atoms with Crippen LogP contribution in [0.1, 0.15) is 21.7 Å². The molecule has 3 N–H and O–H groups in total. The fourth-order valence-electron chi connectivity index (χ4n) is 1.69. The van der Waals surface area contributed by atoms with Crippen molar-refractivity contribution in [2.45, 2.75) is 13.0 Å². The first-order valence-corrected chi connectivity index (χ1v) is 5.93. The van der Waals surface area contributed by atoms with Crippen LogP contribution in [0.4, 0.5) is 5.69 Å². The third-order valence-electron chi connectivity index (χ3n) is 2.72. The Kier molecular flexibility index (Phi) is 4.20. The molecule has 100 valence electrons. The van der Waals surface area contributed by atoms with Crippen LogP contribution in [0.15, 0.2) is 41.0 Å². The Morgan fingerprint density at radius 1 is 1.26 bits per heavy atom. The lowest BCUT2D eigenvalue weighted by molar-refractivity contribution is 0.0696. The molecule has 19 heavy (non-hydrogen) atoms. The van der Waals surface area contributed by atoms with E-state index in [9.17, 15) is 4.79 Å². The van der Waals surface area contributed by atoms with Gasteiger partial charge in [0.1, 0.15) is 12.0 Å². The first-order valence-electron chi connectivity index (χ1n) is 5.93. The van der Waals surface area contributed by atoms with E-state index >= 15 is 0 Å². The zero-order chi connectivity index (χ0) is 13.7. The smallest absolute Gasteiger partial charge is 0.338 e. The van der Waals surface area contributed by atoms with Crippen LogP contribution < -0.4 is 5.32 Å². The molecule has 0 fully saturated rings. The number of aliphatic hydroxyl groups excluding tert-OH is 1. The van der Waals surface area contributed by atoms with Crippen LogP contribution in [-0.4, -0.2) is 22.8 Å². The Morgan fingerprint density at radius 3 is 2.58 bits per heavy atom. The quantitative estimate of drug-likeness (QED) is 0.742. The summed E-state index contributed by atoms with van der Waals surface area (Å²) < 4.78 is 5.13. The van der Waals surface area contributed by atoms with Crippen LogP contribution in [0.2, 0.25) is 0 Å². The number of aliphatic hydroxyl groups is 1. The number of hydrogen-bond donors (Lipinski definition) is 3. The SMILES string of the molecule is O=C(O)c1coc(CNc2ccc(CCO)cc2)c1. The maximum absolute atomic E-state index is 10.7. The van der Waals surface area contributed by atoms with E-state index < -0.39 is 5.97 Å². The van der Waals surface area contributed by atoms with Gasteiger partial charge in [0.05, 0.1) is 12.1 Å². The number of hydrogen-bond acceptors (Lipinski definition) is 4. The van der Waals surface area contributed by atoms with Crippen LogP contribution >= 0.6 is 0 Å². The highest BCUT2D eigenvalue weighted by molar-refractivity contribution is 5.87. The molecule has 0 amide bonds. The number of carbonyl (C=O) groups is 1. The molecule has 0 bridgehead atoms. The van der Waals surface area contributed by atoms with Crippen molar-refractivity contribution in [2.24, 2.45) is 0 Å². The summed E-state index contributed by atoms with van der Waals surface area (Å²) in [5.74, 6) is -0.430. The van der Waals surface area contributed by atoms with Gasteiger partial charge in [0, 0.05) is 12.3 Å². The number of nitrogens with one attached hydrogen (secondary N) is 1. The third-order valence-corrected chi connectivity index (χ3v) is 2.72. The minimum absolute atomic E-state index is 0.136. The van der Waals surface area contributed by atoms with Gasteiger partial charge in [-0.1, -0.05) is 12.1 Å². The number of rotatable bonds is 6. The van der Waals surface area contributed by atoms with Crippen molar-refractivity contribution in [1.29, 1.82) is 0 Å². The van der Waals surface area contributed by atoms with E-state index in [4.69, 9.17) is 14.6 Å². The van der Waals surface area contributed by atoms with Gasteiger partial charge >= 0.3 is 5.97 Å². The van der Waals surface area contributed by atoms with Crippen LogP contribution in [0.5, 0.6) is 0 Å². The lowest BCUT2D eigenvalue weighted by Gasteiger charge is -2.05. The van der Waals surface area contributed by atoms with Crippen molar-refractivity contribution < 1.29 is 19.4 Å². The summed E-state index contributed by atoms with van der Waals surface area (Å²) in [5.41, 5.74) is 2.13. The molecule has 0 saturated carbocycles. The van der Waals surface area contributed by atoms with Crippen molar-refractivity contribution in [3.05, 3.63) is 53.5 Å². The monoisotopic (exact) mass is 261 g/mol. The van der Waals surface area contributed by atoms with Crippen LogP contribution in [0.3, 0.4) is 0 Å². The second kappa shape index (κ2) is 6.06. The molecule has 5 nitrogen and oxygen atoms in total. The summed E-state index contributed by atoms with van der Waals surface area (Å²) in [6, 6.07) is 9.18. The van der Waals surface area contributed by atoms with Gasteiger partial charge < -0.3 is 19.9 Å². The minimum Gasteiger partial charge on any atom is -0.478 e. The molecule has 0 aliphatic rings. The van der Waals surface area contributed by atoms with Crippen molar-refractivity contribution >= 4 is 11.7 Å². The second-order valence-electron chi connectivity index (χ2n) is 4.13. The number of carboxylic acid groups (broad SMARTS) is 1. The van der Waals surface area contributed by atoms with E-state index in [1.165, 1.54) is 12.3 Å². The summed E-state index contributed by atoms with van der Waals surface area (Å²) in [6.45, 7) is 0.559. The van der Waals surface area contributed by atoms with Crippen molar-refractivity contribution in [3.63, 3.8) is 0 Å². The fourth-order valence-corrected chi connectivity index (χ4v) is 1.69. The molecule has 2 rings (SSSR count). The first kappa shape index (κ1) is 13.2. The van der Waals surface area contributed by atoms with Crippen molar-refractivity contribution in [2.75, 3.05) is 11.9 Å². The summed E-state index contributed by atoms with van der Waals surface area (Å²) >= 11 is 0. The fraction of sp³-hybridized carbons (Fsp3) is 0.214. The zero-order valence-corrected chi connectivity index (χ0v) is 10.3. The van der Waals surface area contributed by atoms with E-state index in [0.717, 1.165) is 11.3 Å². The lowest BCUT2D eigenvalue weighted by atomic mass is 10.1. The molecule has 0 aliphatic carbocycles. The first-order chi connectivity index (χ1) is 9.19. The third kappa shape index (κ3) is 3.59. The Morgan fingerprint density at radius 2 is 2.00 bits per heavy atom. The van der Waals surface area contributed by atoms with Crippen molar-refractivity contribution in [1.82, 2.24) is 0 Å². The molecule has 1 heterocycles. The molecule has 1 aromatic carbocycles. The van der Waals surface area contributed by atoms with Gasteiger partial charge in [0.2, 0.25) is 0 Å². The predicted molar refractivity (Wildman–Crippen MR) is 70.2 cm³/mol. The number of benzene rings is 1. The molecule has 0 radical (unpaired) electrons. The van der Waals surface area contributed by atoms with Gasteiger partial charge in [-0.25, -0.2) is 4.79 Å². The number of carboxylic acids is 1. The zero-order valence-electron chi connectivity index (χ0n) is 10.3. The highest BCUT2D eigenvalue weighted by Crippen LogP contribution is 2.13. The van der Waals surface area contributed by atoms with Crippen LogP contribution in [-0.2, 0) is 13.0 Å². The van der Waals surface area contributed by atoms with E-state index in [1.807, 2.05) is 24.3 Å². The topological polar surface area (TPSA) is 82.7 Å². The lowest BCUT2D eigenvalue weighted by Crippen LogP contribution is -1.99. The summed E-state index contributed by atoms with van der Waals surface area (Å²) in [7, 11) is 0. The highest BCUT2D eigenvalue weighted by Gasteiger charge is 2.07. The Labute approximate surface area is 110 Å². The highest BCUT2D eigenvalue weighted by atomic mass is 16.4. The van der Waals surface area contributed by atoms with Gasteiger partial charge in [-0.3, -0.25) is 0 Å². The molecule has 1 aromatic heterocycles. The second-order valence-corrected chi connectivity index (χ2v) is 4.13. The number of aromatic carboxylic acids is 1. The van der Waals surface area contributed by atoms with E-state index in [0.29, 0.717) is 18.7 Å². The molecule has 0 unspecified atom stereocenters. The van der Waals surface area contributed by atoms with E-state index in [-0.39, 0.29) is 12.2 Å². The van der Waals surface area contributed by atoms with Crippen LogP contribution in [0, 0.1) is 0 Å². The van der Waals surface area contributed by atoms with Crippen LogP contribution in [0.25, 0.3) is 0 Å². The van der Waals surface area contributed by atoms with E-state index in [1.54, 1.807) is 0 Å². The largest absolute Gasteiger partial charge is 0.478 e. The van der Waals surface area contributed by atoms with Gasteiger partial charge in [0.15, 0.2) is 0 Å². The Hall–Kier alpha value is -2.27. The standard InChI is InChI=1S/C14H15NO4/c16-6-5-10-1-3-12(4-2-10)15-8-13-7-11(9-19-13)14(17)18/h1-4,7,9,15-16H,5-6,8H2,(H,17,18). The van der Waals surface area contributed by atoms with E-state index in [2.05, 4.69) is 5.32 Å². The average molecular weight is 261 g/mol. The molecule has 0 aliphatic heterocycles. The Bertz CT molecular complexity index is 545. The molecule has 0 atom stereocenters. The molecule has 2 aromatic rings. The van der Waals surface area contributed by atoms with Gasteiger partial charge in [-0.15, -0.1) is 0 Å². The molecule has 0 spiro atoms.